The van der Waals surface area contributed by atoms with E-state index in [1.807, 2.05) is 0 Å². The van der Waals surface area contributed by atoms with Crippen LogP contribution in [0.25, 0.3) is 0 Å². The molecule has 0 saturated heterocycles. The van der Waals surface area contributed by atoms with Crippen LogP contribution in [0, 0.1) is 0 Å². The fourth-order valence-electron chi connectivity index (χ4n) is 2.43. The zero-order valence-electron chi connectivity index (χ0n) is 15.2. The van der Waals surface area contributed by atoms with Gasteiger partial charge >= 0.3 is 13.7 Å². The monoisotopic (exact) mass is 377 g/mol. The first-order valence-corrected chi connectivity index (χ1v) is 10.0. The van der Waals surface area contributed by atoms with E-state index in [2.05, 4.69) is 15.3 Å². The summed E-state index contributed by atoms with van der Waals surface area (Å²) < 4.78 is 23.4. The summed E-state index contributed by atoms with van der Waals surface area (Å²) >= 11 is 0. The highest BCUT2D eigenvalue weighted by atomic mass is 31.2. The summed E-state index contributed by atoms with van der Waals surface area (Å²) in [7, 11) is -4.13. The van der Waals surface area contributed by atoms with Crippen LogP contribution < -0.4 is 11.1 Å². The summed E-state index contributed by atoms with van der Waals surface area (Å²) in [6.45, 7) is 6.47. The van der Waals surface area contributed by atoms with Crippen molar-refractivity contribution in [1.82, 2.24) is 5.32 Å². The smallest absolute Gasteiger partial charge is 0.364 e. The minimum Gasteiger partial charge on any atom is -0.364 e. The van der Waals surface area contributed by atoms with Crippen LogP contribution in [0.5, 0.6) is 0 Å². The molecule has 3 N–H and O–H groups in total. The predicted molar refractivity (Wildman–Crippen MR) is 93.2 cm³/mol. The van der Waals surface area contributed by atoms with Gasteiger partial charge in [-0.3, -0.25) is 14.2 Å². The lowest BCUT2D eigenvalue weighted by atomic mass is 9.96. The van der Waals surface area contributed by atoms with Crippen LogP contribution in [0.4, 0.5) is 4.79 Å². The van der Waals surface area contributed by atoms with Gasteiger partial charge in [-0.05, 0) is 40.5 Å². The van der Waals surface area contributed by atoms with Crippen molar-refractivity contribution in [3.8, 4) is 0 Å². The zero-order chi connectivity index (χ0) is 19.0. The molecule has 1 aliphatic rings. The Balaban J connectivity index is 2.86. The van der Waals surface area contributed by atoms with Crippen LogP contribution in [-0.4, -0.2) is 35.7 Å². The molecule has 0 aromatic heterocycles. The van der Waals surface area contributed by atoms with Gasteiger partial charge in [0.15, 0.2) is 0 Å². The number of nitrogens with one attached hydrogen (secondary N) is 1. The van der Waals surface area contributed by atoms with Gasteiger partial charge < -0.3 is 20.1 Å². The standard InChI is InChI=1S/C15H28N3O6P/c1-10(2)23-25(21,24-11(3)4)14(13(16)19)18-22-15(20)17-12-8-6-5-7-9-12/h10-12H,5-9H2,1-4H3,(H2,16,19)(H,17,20). The first-order chi connectivity index (χ1) is 11.6. The molecule has 0 spiro atoms. The molecule has 0 aromatic rings. The maximum Gasteiger partial charge on any atom is 0.433 e. The summed E-state index contributed by atoms with van der Waals surface area (Å²) in [6.07, 6.45) is 3.02. The Morgan fingerprint density at radius 2 is 1.60 bits per heavy atom. The third-order valence-electron chi connectivity index (χ3n) is 3.32. The molecule has 0 unspecified atom stereocenters. The lowest BCUT2D eigenvalue weighted by molar-refractivity contribution is -0.111. The number of rotatable bonds is 8. The van der Waals surface area contributed by atoms with E-state index in [9.17, 15) is 14.2 Å². The van der Waals surface area contributed by atoms with Crippen LogP contribution in [0.15, 0.2) is 5.16 Å². The van der Waals surface area contributed by atoms with Gasteiger partial charge in [0.25, 0.3) is 11.4 Å². The topological polar surface area (TPSA) is 129 Å². The average Bonchev–Trinajstić information content (AvgIpc) is 2.45. The number of amides is 2. The Morgan fingerprint density at radius 1 is 1.08 bits per heavy atom. The molecule has 25 heavy (non-hydrogen) atoms. The number of carbonyl (C=O) groups is 2. The zero-order valence-corrected chi connectivity index (χ0v) is 16.1. The Hall–Kier alpha value is -1.44. The summed E-state index contributed by atoms with van der Waals surface area (Å²) in [5, 5.41) is 6.04. The second kappa shape index (κ2) is 9.89. The largest absolute Gasteiger partial charge is 0.433 e. The summed E-state index contributed by atoms with van der Waals surface area (Å²) in [4.78, 5) is 28.2. The Morgan fingerprint density at radius 3 is 2.04 bits per heavy atom. The van der Waals surface area contributed by atoms with Crippen LogP contribution in [0.1, 0.15) is 59.8 Å². The molecule has 1 rings (SSSR count). The van der Waals surface area contributed by atoms with Crippen molar-refractivity contribution in [2.75, 3.05) is 0 Å². The van der Waals surface area contributed by atoms with Crippen molar-refractivity contribution < 1.29 is 28.0 Å². The molecular weight excluding hydrogens is 349 g/mol. The number of nitrogens with two attached hydrogens (primary N) is 1. The number of carbonyl (C=O) groups excluding carboxylic acids is 2. The molecule has 0 aromatic carbocycles. The van der Waals surface area contributed by atoms with E-state index in [1.165, 1.54) is 0 Å². The van der Waals surface area contributed by atoms with Crippen molar-refractivity contribution in [2.45, 2.75) is 78.0 Å². The van der Waals surface area contributed by atoms with Crippen LogP contribution in [0.3, 0.4) is 0 Å². The number of primary amides is 1. The van der Waals surface area contributed by atoms with Gasteiger partial charge in [-0.1, -0.05) is 24.4 Å². The lowest BCUT2D eigenvalue weighted by Gasteiger charge is -2.23. The van der Waals surface area contributed by atoms with E-state index in [-0.39, 0.29) is 6.04 Å². The van der Waals surface area contributed by atoms with Crippen molar-refractivity contribution in [2.24, 2.45) is 10.9 Å². The minimum absolute atomic E-state index is 0.000823. The van der Waals surface area contributed by atoms with E-state index in [0.29, 0.717) is 0 Å². The van der Waals surface area contributed by atoms with Gasteiger partial charge in [-0.15, -0.1) is 0 Å². The molecular formula is C15H28N3O6P. The number of oxime groups is 1. The molecule has 1 saturated carbocycles. The SMILES string of the molecule is CC(C)OP(=O)(OC(C)C)C(=NOC(=O)NC1CCCCC1)C(N)=O. The molecule has 0 heterocycles. The highest BCUT2D eigenvalue weighted by molar-refractivity contribution is 7.75. The van der Waals surface area contributed by atoms with Gasteiger partial charge in [0.05, 0.1) is 12.2 Å². The maximum absolute atomic E-state index is 12.9. The second-order valence-corrected chi connectivity index (χ2v) is 8.28. The van der Waals surface area contributed by atoms with Gasteiger partial charge in [-0.2, -0.15) is 0 Å². The van der Waals surface area contributed by atoms with E-state index >= 15 is 0 Å². The molecule has 9 nitrogen and oxygen atoms in total. The molecule has 0 bridgehead atoms. The molecule has 0 atom stereocenters. The highest BCUT2D eigenvalue weighted by Gasteiger charge is 2.39. The van der Waals surface area contributed by atoms with Gasteiger partial charge in [-0.25, -0.2) is 4.79 Å². The minimum atomic E-state index is -4.13. The van der Waals surface area contributed by atoms with E-state index < -0.39 is 37.3 Å². The molecule has 10 heteroatoms. The quantitative estimate of drug-likeness (QED) is 0.289. The third-order valence-corrected chi connectivity index (χ3v) is 5.54. The van der Waals surface area contributed by atoms with Crippen molar-refractivity contribution in [3.05, 3.63) is 0 Å². The van der Waals surface area contributed by atoms with Gasteiger partial charge in [0, 0.05) is 6.04 Å². The number of hydrogen-bond donors (Lipinski definition) is 2. The number of nitrogens with zero attached hydrogens (tertiary/aromatic N) is 1. The van der Waals surface area contributed by atoms with Gasteiger partial charge in [0.1, 0.15) is 0 Å². The van der Waals surface area contributed by atoms with E-state index in [0.717, 1.165) is 32.1 Å². The molecule has 1 aliphatic carbocycles. The fourth-order valence-corrected chi connectivity index (χ4v) is 4.20. The van der Waals surface area contributed by atoms with Crippen LogP contribution in [-0.2, 0) is 23.2 Å². The summed E-state index contributed by atoms with van der Waals surface area (Å²) in [5.41, 5.74) is 4.49. The second-order valence-electron chi connectivity index (χ2n) is 6.44. The lowest BCUT2D eigenvalue weighted by Crippen LogP contribution is -2.36. The Kier molecular flexibility index (Phi) is 8.55. The Labute approximate surface area is 148 Å². The summed E-state index contributed by atoms with van der Waals surface area (Å²) in [6, 6.07) is -0.000823. The molecule has 2 amide bonds. The molecule has 0 radical (unpaired) electrons. The van der Waals surface area contributed by atoms with E-state index in [1.54, 1.807) is 27.7 Å². The molecule has 144 valence electrons. The maximum atomic E-state index is 12.9. The van der Waals surface area contributed by atoms with Crippen LogP contribution in [0.2, 0.25) is 0 Å². The average molecular weight is 377 g/mol. The normalized spacial score (nSPS) is 17.0. The van der Waals surface area contributed by atoms with Gasteiger partial charge in [0.2, 0.25) is 0 Å². The first-order valence-electron chi connectivity index (χ1n) is 8.46. The first kappa shape index (κ1) is 21.6. The molecule has 1 fully saturated rings. The predicted octanol–water partition coefficient (Wildman–Crippen LogP) is 2.89. The highest BCUT2D eigenvalue weighted by Crippen LogP contribution is 2.52. The third kappa shape index (κ3) is 7.54. The fraction of sp³-hybridized carbons (Fsp3) is 0.800. The molecule has 0 aliphatic heterocycles. The van der Waals surface area contributed by atoms with Crippen LogP contribution >= 0.6 is 7.60 Å². The number of hydrogen-bond acceptors (Lipinski definition) is 7. The van der Waals surface area contributed by atoms with Crippen molar-refractivity contribution in [3.63, 3.8) is 0 Å². The van der Waals surface area contributed by atoms with Crippen molar-refractivity contribution in [1.29, 1.82) is 0 Å². The van der Waals surface area contributed by atoms with Crippen molar-refractivity contribution >= 4 is 25.0 Å². The van der Waals surface area contributed by atoms with E-state index in [4.69, 9.17) is 14.8 Å². The summed E-state index contributed by atoms with van der Waals surface area (Å²) in [5.74, 6) is -1.14. The Bertz CT molecular complexity index is 529.